The minimum absolute atomic E-state index is 0.0267. The van der Waals surface area contributed by atoms with E-state index in [4.69, 9.17) is 11.6 Å². The summed E-state index contributed by atoms with van der Waals surface area (Å²) in [6.07, 6.45) is 1.88. The molecule has 2 aromatic rings. The third-order valence-corrected chi connectivity index (χ3v) is 5.93. The molecule has 0 bridgehead atoms. The van der Waals surface area contributed by atoms with Gasteiger partial charge in [-0.05, 0) is 44.2 Å². The van der Waals surface area contributed by atoms with Crippen molar-refractivity contribution < 1.29 is 4.79 Å². The number of rotatable bonds is 4. The Kier molecular flexibility index (Phi) is 6.28. The lowest BCUT2D eigenvalue weighted by atomic mass is 9.97. The van der Waals surface area contributed by atoms with Gasteiger partial charge in [-0.3, -0.25) is 10.2 Å². The Balaban J connectivity index is 1.36. The molecule has 8 heteroatoms. The van der Waals surface area contributed by atoms with Crippen LogP contribution >= 0.6 is 11.6 Å². The zero-order chi connectivity index (χ0) is 20.2. The average molecular weight is 415 g/mol. The van der Waals surface area contributed by atoms with Crippen molar-refractivity contribution in [3.05, 3.63) is 41.4 Å². The van der Waals surface area contributed by atoms with Crippen LogP contribution < -0.4 is 10.3 Å². The quantitative estimate of drug-likeness (QED) is 0.828. The SMILES string of the molecule is CN1CCN(NC(=O)C2CCCN(c3ccc(-c4ccc(Cl)cc4)nn3)C2)CC1. The van der Waals surface area contributed by atoms with E-state index in [-0.39, 0.29) is 11.8 Å². The molecule has 2 aliphatic rings. The van der Waals surface area contributed by atoms with Crippen molar-refractivity contribution in [2.75, 3.05) is 51.2 Å². The van der Waals surface area contributed by atoms with Crippen LogP contribution in [0.4, 0.5) is 5.82 Å². The van der Waals surface area contributed by atoms with Gasteiger partial charge >= 0.3 is 0 Å². The zero-order valence-electron chi connectivity index (χ0n) is 16.7. The number of piperazine rings is 1. The predicted molar refractivity (Wildman–Crippen MR) is 115 cm³/mol. The summed E-state index contributed by atoms with van der Waals surface area (Å²) in [5, 5.41) is 11.5. The highest BCUT2D eigenvalue weighted by Crippen LogP contribution is 2.24. The fourth-order valence-corrected chi connectivity index (χ4v) is 3.96. The topological polar surface area (TPSA) is 64.6 Å². The zero-order valence-corrected chi connectivity index (χ0v) is 17.5. The van der Waals surface area contributed by atoms with Gasteiger partial charge in [0.1, 0.15) is 0 Å². The first-order valence-electron chi connectivity index (χ1n) is 10.2. The number of benzene rings is 1. The summed E-state index contributed by atoms with van der Waals surface area (Å²) < 4.78 is 0. The highest BCUT2D eigenvalue weighted by molar-refractivity contribution is 6.30. The summed E-state index contributed by atoms with van der Waals surface area (Å²) in [7, 11) is 2.11. The molecule has 4 rings (SSSR count). The third kappa shape index (κ3) is 5.04. The number of likely N-dealkylation sites (N-methyl/N-ethyl adjacent to an activating group) is 1. The molecule has 1 aromatic carbocycles. The maximum atomic E-state index is 12.8. The van der Waals surface area contributed by atoms with Crippen molar-refractivity contribution in [1.29, 1.82) is 0 Å². The maximum Gasteiger partial charge on any atom is 0.239 e. The smallest absolute Gasteiger partial charge is 0.239 e. The van der Waals surface area contributed by atoms with Gasteiger partial charge in [-0.25, -0.2) is 5.01 Å². The minimum atomic E-state index is -0.0267. The Morgan fingerprint density at radius 1 is 1.03 bits per heavy atom. The van der Waals surface area contributed by atoms with Crippen LogP contribution in [0.3, 0.4) is 0 Å². The standard InChI is InChI=1S/C21H27ClN6O/c1-26-11-13-28(14-12-26)25-21(29)17-3-2-10-27(15-17)20-9-8-19(23-24-20)16-4-6-18(22)7-5-16/h4-9,17H,2-3,10-15H2,1H3,(H,25,29). The maximum absolute atomic E-state index is 12.8. The fraction of sp³-hybridized carbons (Fsp3) is 0.476. The van der Waals surface area contributed by atoms with Gasteiger partial charge in [0.15, 0.2) is 5.82 Å². The van der Waals surface area contributed by atoms with Crippen molar-refractivity contribution >= 4 is 23.3 Å². The summed E-state index contributed by atoms with van der Waals surface area (Å²) in [6, 6.07) is 11.5. The van der Waals surface area contributed by atoms with Crippen LogP contribution in [0.1, 0.15) is 12.8 Å². The second-order valence-electron chi connectivity index (χ2n) is 7.84. The molecule has 154 valence electrons. The van der Waals surface area contributed by atoms with E-state index in [9.17, 15) is 4.79 Å². The van der Waals surface area contributed by atoms with E-state index in [0.717, 1.165) is 62.6 Å². The molecule has 1 unspecified atom stereocenters. The van der Waals surface area contributed by atoms with E-state index in [0.29, 0.717) is 11.6 Å². The van der Waals surface area contributed by atoms with Crippen LogP contribution in [-0.4, -0.2) is 72.3 Å². The van der Waals surface area contributed by atoms with Crippen LogP contribution in [-0.2, 0) is 4.79 Å². The average Bonchev–Trinajstić information content (AvgIpc) is 2.76. The first-order chi connectivity index (χ1) is 14.1. The lowest BCUT2D eigenvalue weighted by Gasteiger charge is -2.36. The Morgan fingerprint density at radius 2 is 1.79 bits per heavy atom. The number of anilines is 1. The van der Waals surface area contributed by atoms with Crippen LogP contribution in [0.2, 0.25) is 5.02 Å². The number of hydrogen-bond donors (Lipinski definition) is 1. The molecule has 7 nitrogen and oxygen atoms in total. The molecule has 2 saturated heterocycles. The van der Waals surface area contributed by atoms with Gasteiger partial charge in [0.25, 0.3) is 0 Å². The van der Waals surface area contributed by atoms with Gasteiger partial charge in [-0.15, -0.1) is 10.2 Å². The number of piperidine rings is 1. The summed E-state index contributed by atoms with van der Waals surface area (Å²) in [6.45, 7) is 5.27. The molecular formula is C21H27ClN6O. The number of carbonyl (C=O) groups is 1. The molecule has 1 amide bonds. The monoisotopic (exact) mass is 414 g/mol. The van der Waals surface area contributed by atoms with Gasteiger partial charge in [0.2, 0.25) is 5.91 Å². The van der Waals surface area contributed by atoms with Gasteiger partial charge in [0, 0.05) is 49.9 Å². The number of carbonyl (C=O) groups excluding carboxylic acids is 1. The highest BCUT2D eigenvalue weighted by Gasteiger charge is 2.28. The van der Waals surface area contributed by atoms with Crippen molar-refractivity contribution in [3.63, 3.8) is 0 Å². The van der Waals surface area contributed by atoms with Crippen molar-refractivity contribution in [2.45, 2.75) is 12.8 Å². The fourth-order valence-electron chi connectivity index (χ4n) is 3.83. The Bertz CT molecular complexity index is 820. The van der Waals surface area contributed by atoms with Gasteiger partial charge in [0.05, 0.1) is 11.6 Å². The molecule has 0 aliphatic carbocycles. The number of nitrogens with one attached hydrogen (secondary N) is 1. The van der Waals surface area contributed by atoms with E-state index in [1.54, 1.807) is 0 Å². The molecule has 0 spiro atoms. The lowest BCUT2D eigenvalue weighted by Crippen LogP contribution is -2.55. The Hall–Kier alpha value is -2.22. The van der Waals surface area contributed by atoms with E-state index < -0.39 is 0 Å². The number of hydrazine groups is 1. The molecule has 3 heterocycles. The summed E-state index contributed by atoms with van der Waals surface area (Å²) in [4.78, 5) is 17.2. The van der Waals surface area contributed by atoms with E-state index in [1.807, 2.05) is 41.4 Å². The van der Waals surface area contributed by atoms with Crippen LogP contribution in [0.25, 0.3) is 11.3 Å². The van der Waals surface area contributed by atoms with Crippen molar-refractivity contribution in [1.82, 2.24) is 25.5 Å². The highest BCUT2D eigenvalue weighted by atomic mass is 35.5. The lowest BCUT2D eigenvalue weighted by molar-refractivity contribution is -0.131. The van der Waals surface area contributed by atoms with E-state index in [2.05, 4.69) is 32.5 Å². The van der Waals surface area contributed by atoms with Gasteiger partial charge in [-0.2, -0.15) is 0 Å². The van der Waals surface area contributed by atoms with Gasteiger partial charge in [-0.1, -0.05) is 23.7 Å². The van der Waals surface area contributed by atoms with E-state index >= 15 is 0 Å². The molecule has 1 aromatic heterocycles. The number of hydrogen-bond acceptors (Lipinski definition) is 6. The predicted octanol–water partition coefficient (Wildman–Crippen LogP) is 2.29. The molecular weight excluding hydrogens is 388 g/mol. The van der Waals surface area contributed by atoms with Crippen molar-refractivity contribution in [3.8, 4) is 11.3 Å². The molecule has 29 heavy (non-hydrogen) atoms. The first-order valence-corrected chi connectivity index (χ1v) is 10.5. The number of nitrogens with zero attached hydrogens (tertiary/aromatic N) is 5. The first kappa shape index (κ1) is 20.1. The van der Waals surface area contributed by atoms with Gasteiger partial charge < -0.3 is 9.80 Å². The van der Waals surface area contributed by atoms with Crippen molar-refractivity contribution in [2.24, 2.45) is 5.92 Å². The summed E-state index contributed by atoms with van der Waals surface area (Å²) in [5.74, 6) is 0.908. The largest absolute Gasteiger partial charge is 0.354 e. The number of aromatic nitrogens is 2. The summed E-state index contributed by atoms with van der Waals surface area (Å²) in [5.41, 5.74) is 4.91. The normalized spacial score (nSPS) is 21.2. The summed E-state index contributed by atoms with van der Waals surface area (Å²) >= 11 is 5.95. The van der Waals surface area contributed by atoms with Crippen LogP contribution in [0, 0.1) is 5.92 Å². The number of amides is 1. The molecule has 0 radical (unpaired) electrons. The van der Waals surface area contributed by atoms with E-state index in [1.165, 1.54) is 0 Å². The Labute approximate surface area is 176 Å². The minimum Gasteiger partial charge on any atom is -0.354 e. The molecule has 0 saturated carbocycles. The second-order valence-corrected chi connectivity index (χ2v) is 8.27. The van der Waals surface area contributed by atoms with Crippen LogP contribution in [0.15, 0.2) is 36.4 Å². The Morgan fingerprint density at radius 3 is 2.48 bits per heavy atom. The second kappa shape index (κ2) is 9.07. The molecule has 2 aliphatic heterocycles. The molecule has 2 fully saturated rings. The molecule has 1 N–H and O–H groups in total. The third-order valence-electron chi connectivity index (χ3n) is 5.68. The molecule has 1 atom stereocenters. The number of halogens is 1. The van der Waals surface area contributed by atoms with Crippen LogP contribution in [0.5, 0.6) is 0 Å².